The van der Waals surface area contributed by atoms with Crippen molar-refractivity contribution in [3.05, 3.63) is 70.5 Å². The topological polar surface area (TPSA) is 83.0 Å². The van der Waals surface area contributed by atoms with Crippen molar-refractivity contribution in [3.8, 4) is 11.1 Å². The van der Waals surface area contributed by atoms with E-state index in [2.05, 4.69) is 30.7 Å². The predicted molar refractivity (Wildman–Crippen MR) is 103 cm³/mol. The molecule has 3 rings (SSSR count). The maximum Gasteiger partial charge on any atom is 0.251 e. The summed E-state index contributed by atoms with van der Waals surface area (Å²) in [5, 5.41) is 4.25. The minimum absolute atomic E-state index is 0.243. The molecular formula is C19H18BrFN4O2. The summed E-state index contributed by atoms with van der Waals surface area (Å²) in [5.74, 6) is -1.67. The Morgan fingerprint density at radius 3 is 2.93 bits per heavy atom. The number of ether oxygens (including phenoxy) is 1. The summed E-state index contributed by atoms with van der Waals surface area (Å²) < 4.78 is 58.6. The van der Waals surface area contributed by atoms with Gasteiger partial charge in [0.1, 0.15) is 5.82 Å². The number of carbonyl (C=O) groups is 1. The van der Waals surface area contributed by atoms with Crippen LogP contribution in [0.5, 0.6) is 0 Å². The second kappa shape index (κ2) is 8.41. The van der Waals surface area contributed by atoms with Crippen LogP contribution in [0.25, 0.3) is 11.1 Å². The van der Waals surface area contributed by atoms with Gasteiger partial charge in [-0.3, -0.25) is 14.5 Å². The van der Waals surface area contributed by atoms with Crippen LogP contribution in [0.1, 0.15) is 35.4 Å². The fourth-order valence-electron chi connectivity index (χ4n) is 2.59. The molecule has 1 aromatic carbocycles. The lowest BCUT2D eigenvalue weighted by Gasteiger charge is -2.17. The number of primary amides is 1. The van der Waals surface area contributed by atoms with E-state index in [1.54, 1.807) is 18.3 Å². The van der Waals surface area contributed by atoms with Crippen LogP contribution in [0.3, 0.4) is 0 Å². The van der Waals surface area contributed by atoms with Gasteiger partial charge >= 0.3 is 0 Å². The molecular weight excluding hydrogens is 415 g/mol. The maximum absolute atomic E-state index is 14.2. The highest BCUT2D eigenvalue weighted by molar-refractivity contribution is 9.10. The molecule has 0 unspecified atom stereocenters. The normalized spacial score (nSPS) is 15.9. The summed E-state index contributed by atoms with van der Waals surface area (Å²) in [7, 11) is -2.93. The van der Waals surface area contributed by atoms with E-state index in [0.29, 0.717) is 21.3 Å². The lowest BCUT2D eigenvalue weighted by Crippen LogP contribution is -2.15. The Labute approximate surface area is 171 Å². The molecule has 0 aliphatic carbocycles. The van der Waals surface area contributed by atoms with Crippen LogP contribution in [-0.4, -0.2) is 34.3 Å². The fourth-order valence-corrected chi connectivity index (χ4v) is 2.83. The molecule has 2 N–H and O–H groups in total. The van der Waals surface area contributed by atoms with Gasteiger partial charge in [0.25, 0.3) is 5.91 Å². The minimum atomic E-state index is -2.93. The number of methoxy groups -OCH3 is 1. The molecule has 6 nitrogen and oxygen atoms in total. The first-order valence-electron chi connectivity index (χ1n) is 10.3. The zero-order chi connectivity index (χ0) is 23.7. The predicted octanol–water partition coefficient (Wildman–Crippen LogP) is 3.57. The Kier molecular flexibility index (Phi) is 4.22. The molecule has 8 heteroatoms. The van der Waals surface area contributed by atoms with Gasteiger partial charge in [-0.1, -0.05) is 6.07 Å². The minimum Gasteiger partial charge on any atom is -0.385 e. The Bertz CT molecular complexity index is 1120. The highest BCUT2D eigenvalue weighted by Gasteiger charge is 2.17. The zero-order valence-corrected chi connectivity index (χ0v) is 15.5. The molecule has 0 saturated carbocycles. The first kappa shape index (κ1) is 13.6. The van der Waals surface area contributed by atoms with Gasteiger partial charge in [-0.25, -0.2) is 4.39 Å². The first-order chi connectivity index (χ1) is 14.8. The van der Waals surface area contributed by atoms with Crippen LogP contribution < -0.4 is 5.73 Å². The van der Waals surface area contributed by atoms with E-state index in [1.807, 2.05) is 0 Å². The largest absolute Gasteiger partial charge is 0.385 e. The van der Waals surface area contributed by atoms with Crippen LogP contribution in [0.15, 0.2) is 53.4 Å². The highest BCUT2D eigenvalue weighted by atomic mass is 79.9. The summed E-state index contributed by atoms with van der Waals surface area (Å²) >= 11 is 3.28. The molecule has 27 heavy (non-hydrogen) atoms. The van der Waals surface area contributed by atoms with E-state index in [9.17, 15) is 9.18 Å². The number of carbonyl (C=O) groups excluding carboxylic acids is 1. The molecule has 0 bridgehead atoms. The van der Waals surface area contributed by atoms with Crippen molar-refractivity contribution in [2.45, 2.75) is 12.5 Å². The van der Waals surface area contributed by atoms with Crippen molar-refractivity contribution >= 4 is 21.8 Å². The molecule has 0 aliphatic heterocycles. The smallest absolute Gasteiger partial charge is 0.251 e. The molecule has 1 amide bonds. The van der Waals surface area contributed by atoms with Crippen LogP contribution in [0, 0.1) is 5.82 Å². The Morgan fingerprint density at radius 2 is 2.26 bits per heavy atom. The number of nitrogens with zero attached hydrogens (tertiary/aromatic N) is 3. The molecule has 0 radical (unpaired) electrons. The fraction of sp³-hybridized carbons (Fsp3) is 0.211. The molecule has 140 valence electrons. The number of pyridine rings is 1. The van der Waals surface area contributed by atoms with Gasteiger partial charge in [0.05, 0.1) is 30.3 Å². The summed E-state index contributed by atoms with van der Waals surface area (Å²) in [5.41, 5.74) is 6.21. The van der Waals surface area contributed by atoms with E-state index >= 15 is 0 Å². The lowest BCUT2D eigenvalue weighted by atomic mass is 10.1. The average molecular weight is 438 g/mol. The van der Waals surface area contributed by atoms with Gasteiger partial charge in [0, 0.05) is 36.0 Å². The number of rotatable bonds is 7. The van der Waals surface area contributed by atoms with Crippen molar-refractivity contribution in [2.75, 3.05) is 13.6 Å². The van der Waals surface area contributed by atoms with Gasteiger partial charge in [0.15, 0.2) is 0 Å². The van der Waals surface area contributed by atoms with Crippen LogP contribution in [0.4, 0.5) is 4.39 Å². The zero-order valence-electron chi connectivity index (χ0n) is 18.9. The molecule has 1 atom stereocenters. The van der Waals surface area contributed by atoms with Gasteiger partial charge < -0.3 is 10.5 Å². The number of hydrogen-bond donors (Lipinski definition) is 1. The average Bonchev–Trinajstić information content (AvgIpc) is 3.14. The quantitative estimate of drug-likeness (QED) is 0.612. The van der Waals surface area contributed by atoms with E-state index < -0.39 is 37.8 Å². The van der Waals surface area contributed by atoms with E-state index in [-0.39, 0.29) is 5.56 Å². The molecule has 0 spiro atoms. The number of amides is 1. The van der Waals surface area contributed by atoms with Gasteiger partial charge in [-0.15, -0.1) is 0 Å². The molecule has 3 aromatic rings. The van der Waals surface area contributed by atoms with Crippen LogP contribution in [0.2, 0.25) is 0 Å². The standard InChI is InChI=1S/C19H18BrFN4O2/c1-27-7-6-18(17-5-3-14(20)10-23-17)25-11-13(9-24-25)12-2-4-15(19(22)26)16(21)8-12/h2-5,8-11,18H,6-7H2,1H3,(H2,22,26)/t18-/m1/s1/i1D3,7D2. The van der Waals surface area contributed by atoms with Crippen molar-refractivity contribution in [1.82, 2.24) is 14.8 Å². The molecule has 0 saturated heterocycles. The summed E-state index contributed by atoms with van der Waals surface area (Å²) in [6, 6.07) is 6.44. The third-order valence-corrected chi connectivity index (χ3v) is 4.40. The summed E-state index contributed by atoms with van der Waals surface area (Å²) in [4.78, 5) is 15.5. The Balaban J connectivity index is 1.97. The summed E-state index contributed by atoms with van der Waals surface area (Å²) in [6.07, 6.45) is 4.09. The first-order valence-corrected chi connectivity index (χ1v) is 8.59. The van der Waals surface area contributed by atoms with Crippen LogP contribution in [-0.2, 0) is 4.74 Å². The van der Waals surface area contributed by atoms with Crippen LogP contribution >= 0.6 is 15.9 Å². The monoisotopic (exact) mass is 437 g/mol. The number of halogens is 2. The maximum atomic E-state index is 14.2. The van der Waals surface area contributed by atoms with Crippen molar-refractivity contribution in [1.29, 1.82) is 0 Å². The third kappa shape index (κ3) is 4.40. The molecule has 0 aliphatic rings. The third-order valence-electron chi connectivity index (χ3n) is 3.93. The van der Waals surface area contributed by atoms with Gasteiger partial charge in [-0.2, -0.15) is 5.10 Å². The van der Waals surface area contributed by atoms with E-state index in [1.165, 1.54) is 29.2 Å². The van der Waals surface area contributed by atoms with Crippen molar-refractivity contribution in [3.63, 3.8) is 0 Å². The lowest BCUT2D eigenvalue weighted by molar-refractivity contribution is 0.0996. The summed E-state index contributed by atoms with van der Waals surface area (Å²) in [6.45, 7) is -2.52. The van der Waals surface area contributed by atoms with E-state index in [0.717, 1.165) is 6.07 Å². The number of hydrogen-bond acceptors (Lipinski definition) is 4. The van der Waals surface area contributed by atoms with Crippen molar-refractivity contribution in [2.24, 2.45) is 5.73 Å². The molecule has 2 aromatic heterocycles. The molecule has 2 heterocycles. The highest BCUT2D eigenvalue weighted by Crippen LogP contribution is 2.26. The van der Waals surface area contributed by atoms with E-state index in [4.69, 9.17) is 12.6 Å². The Hall–Kier alpha value is -2.58. The second-order valence-electron chi connectivity index (χ2n) is 5.64. The number of aromatic nitrogens is 3. The second-order valence-corrected chi connectivity index (χ2v) is 6.55. The van der Waals surface area contributed by atoms with Crippen molar-refractivity contribution < 1.29 is 20.8 Å². The Morgan fingerprint density at radius 1 is 1.41 bits per heavy atom. The molecule has 0 fully saturated rings. The SMILES string of the molecule is [2H]C([2H])([2H])OC([2H])([2H])C[C@H](c1ccc(Br)cn1)n1cc(-c2ccc(C(N)=O)c(F)c2)cn1. The van der Waals surface area contributed by atoms with Gasteiger partial charge in [-0.05, 0) is 52.2 Å². The number of benzene rings is 1. The van der Waals surface area contributed by atoms with Gasteiger partial charge in [0.2, 0.25) is 0 Å². The number of nitrogens with two attached hydrogens (primary N) is 1.